The number of ether oxygens (including phenoxy) is 1. The SMILES string of the molecule is OC12CCC(c3nnc4c(COc5c(Cl)cccc5Cl)cccn34)(CC1)CC2. The number of rotatable bonds is 4. The highest BCUT2D eigenvalue weighted by Crippen LogP contribution is 2.53. The van der Waals surface area contributed by atoms with Crippen LogP contribution in [0.2, 0.25) is 10.0 Å². The largest absolute Gasteiger partial charge is 0.486 e. The number of hydrogen-bond acceptors (Lipinski definition) is 4. The number of halogens is 2. The standard InChI is InChI=1S/C21H21Cl2N3O2/c22-15-4-1-5-16(23)17(15)28-13-14-3-2-12-26-18(14)24-25-19(26)20-6-9-21(27,10-7-20)11-8-20/h1-5,12,27H,6-11,13H2. The first-order valence-corrected chi connectivity index (χ1v) is 10.4. The minimum absolute atomic E-state index is 0.00935. The van der Waals surface area contributed by atoms with E-state index in [9.17, 15) is 5.11 Å². The first-order valence-electron chi connectivity index (χ1n) is 9.62. The van der Waals surface area contributed by atoms with Crippen molar-refractivity contribution < 1.29 is 9.84 Å². The highest BCUT2D eigenvalue weighted by atomic mass is 35.5. The third kappa shape index (κ3) is 2.88. The Kier molecular flexibility index (Phi) is 4.30. The fourth-order valence-electron chi connectivity index (χ4n) is 4.72. The van der Waals surface area contributed by atoms with Crippen molar-refractivity contribution in [3.05, 3.63) is 58.0 Å². The molecule has 3 aliphatic carbocycles. The van der Waals surface area contributed by atoms with Crippen LogP contribution in [0.25, 0.3) is 5.65 Å². The van der Waals surface area contributed by atoms with Crippen LogP contribution >= 0.6 is 23.2 Å². The Morgan fingerprint density at radius 1 is 0.964 bits per heavy atom. The van der Waals surface area contributed by atoms with Crippen LogP contribution in [0, 0.1) is 0 Å². The molecule has 5 nitrogen and oxygen atoms in total. The molecule has 0 spiro atoms. The minimum Gasteiger partial charge on any atom is -0.486 e. The molecule has 0 atom stereocenters. The quantitative estimate of drug-likeness (QED) is 0.651. The second-order valence-corrected chi connectivity index (χ2v) is 8.91. The summed E-state index contributed by atoms with van der Waals surface area (Å²) >= 11 is 12.4. The van der Waals surface area contributed by atoms with Gasteiger partial charge in [0, 0.05) is 17.2 Å². The molecule has 0 aliphatic heterocycles. The molecule has 1 N–H and O–H groups in total. The zero-order valence-corrected chi connectivity index (χ0v) is 16.9. The zero-order valence-electron chi connectivity index (χ0n) is 15.4. The molecule has 6 rings (SSSR count). The number of fused-ring (bicyclic) bond motifs is 4. The lowest BCUT2D eigenvalue weighted by molar-refractivity contribution is -0.0682. The summed E-state index contributed by atoms with van der Waals surface area (Å²) in [6, 6.07) is 9.27. The van der Waals surface area contributed by atoms with E-state index in [2.05, 4.69) is 14.6 Å². The molecule has 3 fully saturated rings. The highest BCUT2D eigenvalue weighted by molar-refractivity contribution is 6.37. The number of para-hydroxylation sites is 1. The fourth-order valence-corrected chi connectivity index (χ4v) is 5.22. The van der Waals surface area contributed by atoms with Gasteiger partial charge in [0.05, 0.1) is 15.6 Å². The monoisotopic (exact) mass is 417 g/mol. The van der Waals surface area contributed by atoms with Gasteiger partial charge in [0.2, 0.25) is 0 Å². The van der Waals surface area contributed by atoms with Crippen molar-refractivity contribution in [2.75, 3.05) is 0 Å². The zero-order chi connectivity index (χ0) is 19.4. The number of aliphatic hydroxyl groups is 1. The Labute approximate surface area is 173 Å². The lowest BCUT2D eigenvalue weighted by Crippen LogP contribution is -2.48. The normalized spacial score (nSPS) is 26.7. The van der Waals surface area contributed by atoms with Crippen LogP contribution in [0.3, 0.4) is 0 Å². The molecule has 3 aliphatic rings. The Hall–Kier alpha value is -1.82. The number of aromatic nitrogens is 3. The van der Waals surface area contributed by atoms with Gasteiger partial charge in [-0.15, -0.1) is 10.2 Å². The molecule has 2 heterocycles. The molecule has 1 aromatic carbocycles. The summed E-state index contributed by atoms with van der Waals surface area (Å²) in [5, 5.41) is 20.6. The van der Waals surface area contributed by atoms with Crippen LogP contribution in [-0.2, 0) is 12.0 Å². The molecule has 2 aromatic heterocycles. The average Bonchev–Trinajstić information content (AvgIpc) is 3.14. The Morgan fingerprint density at radius 3 is 2.32 bits per heavy atom. The average molecular weight is 418 g/mol. The summed E-state index contributed by atoms with van der Waals surface area (Å²) in [5.74, 6) is 1.48. The maximum atomic E-state index is 10.5. The maximum Gasteiger partial charge on any atom is 0.167 e. The second-order valence-electron chi connectivity index (χ2n) is 8.09. The van der Waals surface area contributed by atoms with Gasteiger partial charge in [0.1, 0.15) is 12.4 Å². The van der Waals surface area contributed by atoms with Gasteiger partial charge in [-0.05, 0) is 56.7 Å². The second kappa shape index (κ2) is 6.61. The molecule has 0 radical (unpaired) electrons. The van der Waals surface area contributed by atoms with Gasteiger partial charge in [-0.2, -0.15) is 0 Å². The molecule has 2 bridgehead atoms. The van der Waals surface area contributed by atoms with E-state index in [0.29, 0.717) is 22.4 Å². The van der Waals surface area contributed by atoms with Crippen molar-refractivity contribution in [2.45, 2.75) is 56.1 Å². The molecule has 3 saturated carbocycles. The third-order valence-electron chi connectivity index (χ3n) is 6.49. The predicted molar refractivity (Wildman–Crippen MR) is 108 cm³/mol. The Balaban J connectivity index is 1.46. The summed E-state index contributed by atoms with van der Waals surface area (Å²) in [6.45, 7) is 0.304. The van der Waals surface area contributed by atoms with Gasteiger partial charge in [-0.3, -0.25) is 4.40 Å². The van der Waals surface area contributed by atoms with Gasteiger partial charge in [0.25, 0.3) is 0 Å². The molecule has 146 valence electrons. The summed E-state index contributed by atoms with van der Waals surface area (Å²) in [6.07, 6.45) is 7.42. The first-order chi connectivity index (χ1) is 13.5. The smallest absolute Gasteiger partial charge is 0.167 e. The molecule has 3 aromatic rings. The summed E-state index contributed by atoms with van der Waals surface area (Å²) in [7, 11) is 0. The van der Waals surface area contributed by atoms with Gasteiger partial charge >= 0.3 is 0 Å². The summed E-state index contributed by atoms with van der Waals surface area (Å²) < 4.78 is 8.00. The van der Waals surface area contributed by atoms with E-state index in [-0.39, 0.29) is 5.41 Å². The molecular formula is C21H21Cl2N3O2. The third-order valence-corrected chi connectivity index (χ3v) is 7.08. The lowest BCUT2D eigenvalue weighted by atomic mass is 9.58. The van der Waals surface area contributed by atoms with Gasteiger partial charge in [-0.25, -0.2) is 0 Å². The topological polar surface area (TPSA) is 59.7 Å². The van der Waals surface area contributed by atoms with Crippen LogP contribution in [0.5, 0.6) is 5.75 Å². The van der Waals surface area contributed by atoms with Gasteiger partial charge in [0.15, 0.2) is 11.4 Å². The number of pyridine rings is 1. The van der Waals surface area contributed by atoms with E-state index in [1.54, 1.807) is 18.2 Å². The first kappa shape index (κ1) is 18.2. The molecule has 7 heteroatoms. The highest BCUT2D eigenvalue weighted by Gasteiger charge is 2.50. The van der Waals surface area contributed by atoms with E-state index < -0.39 is 5.60 Å². The summed E-state index contributed by atoms with van der Waals surface area (Å²) in [4.78, 5) is 0. The van der Waals surface area contributed by atoms with Crippen molar-refractivity contribution in [1.29, 1.82) is 0 Å². The number of hydrogen-bond donors (Lipinski definition) is 1. The van der Waals surface area contributed by atoms with E-state index in [1.165, 1.54) is 0 Å². The number of nitrogens with zero attached hydrogens (tertiary/aromatic N) is 3. The van der Waals surface area contributed by atoms with Crippen molar-refractivity contribution in [1.82, 2.24) is 14.6 Å². The minimum atomic E-state index is -0.463. The van der Waals surface area contributed by atoms with Crippen LogP contribution in [0.1, 0.15) is 49.9 Å². The van der Waals surface area contributed by atoms with Crippen molar-refractivity contribution in [3.63, 3.8) is 0 Å². The molecule has 28 heavy (non-hydrogen) atoms. The van der Waals surface area contributed by atoms with Crippen LogP contribution in [0.4, 0.5) is 0 Å². The van der Waals surface area contributed by atoms with Crippen molar-refractivity contribution in [2.24, 2.45) is 0 Å². The van der Waals surface area contributed by atoms with E-state index >= 15 is 0 Å². The predicted octanol–water partition coefficient (Wildman–Crippen LogP) is 4.95. The van der Waals surface area contributed by atoms with Crippen molar-refractivity contribution >= 4 is 28.8 Å². The van der Waals surface area contributed by atoms with E-state index in [4.69, 9.17) is 27.9 Å². The van der Waals surface area contributed by atoms with Crippen molar-refractivity contribution in [3.8, 4) is 5.75 Å². The van der Waals surface area contributed by atoms with E-state index in [0.717, 1.165) is 55.6 Å². The number of benzene rings is 1. The molecule has 0 unspecified atom stereocenters. The fraction of sp³-hybridized carbons (Fsp3) is 0.429. The van der Waals surface area contributed by atoms with E-state index in [1.807, 2.05) is 18.3 Å². The molecule has 0 saturated heterocycles. The summed E-state index contributed by atoms with van der Waals surface area (Å²) in [5.41, 5.74) is 1.27. The van der Waals surface area contributed by atoms with Crippen LogP contribution in [0.15, 0.2) is 36.5 Å². The van der Waals surface area contributed by atoms with Gasteiger partial charge < -0.3 is 9.84 Å². The maximum absolute atomic E-state index is 10.5. The van der Waals surface area contributed by atoms with Gasteiger partial charge in [-0.1, -0.05) is 35.3 Å². The molecular weight excluding hydrogens is 397 g/mol. The Bertz CT molecular complexity index is 1000. The molecule has 0 amide bonds. The van der Waals surface area contributed by atoms with Crippen LogP contribution < -0.4 is 4.74 Å². The Morgan fingerprint density at radius 2 is 1.64 bits per heavy atom. The lowest BCUT2D eigenvalue weighted by Gasteiger charge is -2.49. The van der Waals surface area contributed by atoms with Crippen LogP contribution in [-0.4, -0.2) is 25.3 Å².